The van der Waals surface area contributed by atoms with Gasteiger partial charge >= 0.3 is 5.97 Å². The molecule has 2 aromatic rings. The van der Waals surface area contributed by atoms with Crippen LogP contribution >= 0.6 is 11.6 Å². The molecule has 1 aromatic heterocycles. The zero-order valence-electron chi connectivity index (χ0n) is 13.4. The molecular formula is C17H19ClN2O4. The van der Waals surface area contributed by atoms with E-state index in [-0.39, 0.29) is 0 Å². The van der Waals surface area contributed by atoms with E-state index in [1.165, 1.54) is 13.3 Å². The Balaban J connectivity index is 2.17. The average molecular weight is 351 g/mol. The summed E-state index contributed by atoms with van der Waals surface area (Å²) < 4.78 is 12.3. The first-order chi connectivity index (χ1) is 11.7. The number of ether oxygens (including phenoxy) is 2. The summed E-state index contributed by atoms with van der Waals surface area (Å²) in [6.45, 7) is 2.19. The van der Waals surface area contributed by atoms with Gasteiger partial charge in [0.25, 0.3) is 0 Å². The van der Waals surface area contributed by atoms with Crippen molar-refractivity contribution >= 4 is 34.7 Å². The molecule has 24 heavy (non-hydrogen) atoms. The molecule has 0 atom stereocenters. The summed E-state index contributed by atoms with van der Waals surface area (Å²) >= 11 is 6.11. The minimum absolute atomic E-state index is 0.361. The molecule has 128 valence electrons. The fourth-order valence-corrected chi connectivity index (χ4v) is 3.41. The summed E-state index contributed by atoms with van der Waals surface area (Å²) in [5, 5.41) is 13.4. The number of carbonyl (C=O) groups is 1. The number of hydrogen-bond donors (Lipinski definition) is 1. The molecule has 0 unspecified atom stereocenters. The Labute approximate surface area is 144 Å². The smallest absolute Gasteiger partial charge is 0.340 e. The lowest BCUT2D eigenvalue weighted by atomic mass is 10.0. The first kappa shape index (κ1) is 16.8. The Hall–Kier alpha value is -2.05. The normalized spacial score (nSPS) is 16.1. The van der Waals surface area contributed by atoms with Gasteiger partial charge in [0, 0.05) is 35.7 Å². The number of rotatable bonds is 4. The molecule has 1 saturated heterocycles. The van der Waals surface area contributed by atoms with Crippen LogP contribution in [0.1, 0.15) is 28.9 Å². The Morgan fingerprint density at radius 1 is 1.50 bits per heavy atom. The number of nitrogens with zero attached hydrogens (tertiary/aromatic N) is 2. The summed E-state index contributed by atoms with van der Waals surface area (Å²) in [7, 11) is 1.33. The second kappa shape index (κ2) is 7.23. The lowest BCUT2D eigenvalue weighted by Crippen LogP contribution is -2.21. The Kier molecular flexibility index (Phi) is 5.06. The Morgan fingerprint density at radius 3 is 2.92 bits per heavy atom. The van der Waals surface area contributed by atoms with Gasteiger partial charge < -0.3 is 19.2 Å². The molecule has 1 N–H and O–H groups in total. The van der Waals surface area contributed by atoms with Gasteiger partial charge in [-0.2, -0.15) is 0 Å². The van der Waals surface area contributed by atoms with Gasteiger partial charge in [0.15, 0.2) is 0 Å². The maximum Gasteiger partial charge on any atom is 0.340 e. The van der Waals surface area contributed by atoms with E-state index in [9.17, 15) is 4.79 Å². The third-order valence-electron chi connectivity index (χ3n) is 4.42. The van der Waals surface area contributed by atoms with E-state index in [2.05, 4.69) is 5.16 Å². The molecule has 0 radical (unpaired) electrons. The SMILES string of the molecule is COC(=O)c1c(/C=N/O)n(CC2CCOCC2)c2ccc(Cl)cc12. The number of carbonyl (C=O) groups excluding carboxylic acids is 1. The number of halogens is 1. The molecule has 0 saturated carbocycles. The van der Waals surface area contributed by atoms with Gasteiger partial charge in [0.2, 0.25) is 0 Å². The second-order valence-electron chi connectivity index (χ2n) is 5.82. The largest absolute Gasteiger partial charge is 0.465 e. The van der Waals surface area contributed by atoms with E-state index in [0.29, 0.717) is 34.1 Å². The molecule has 1 aliphatic rings. The fraction of sp³-hybridized carbons (Fsp3) is 0.412. The summed E-state index contributed by atoms with van der Waals surface area (Å²) in [6.07, 6.45) is 3.19. The van der Waals surface area contributed by atoms with Crippen molar-refractivity contribution in [3.63, 3.8) is 0 Å². The van der Waals surface area contributed by atoms with Crippen molar-refractivity contribution in [1.29, 1.82) is 0 Å². The number of oxime groups is 1. The van der Waals surface area contributed by atoms with Gasteiger partial charge in [-0.15, -0.1) is 0 Å². The van der Waals surface area contributed by atoms with Gasteiger partial charge in [-0.3, -0.25) is 0 Å². The number of hydrogen-bond acceptors (Lipinski definition) is 5. The third-order valence-corrected chi connectivity index (χ3v) is 4.65. The second-order valence-corrected chi connectivity index (χ2v) is 6.26. The van der Waals surface area contributed by atoms with Gasteiger partial charge in [0.1, 0.15) is 0 Å². The highest BCUT2D eigenvalue weighted by molar-refractivity contribution is 6.31. The van der Waals surface area contributed by atoms with Crippen LogP contribution in [0.2, 0.25) is 5.02 Å². The zero-order valence-corrected chi connectivity index (χ0v) is 14.1. The van der Waals surface area contributed by atoms with Crippen molar-refractivity contribution in [3.8, 4) is 0 Å². The van der Waals surface area contributed by atoms with Crippen LogP contribution in [-0.2, 0) is 16.0 Å². The van der Waals surface area contributed by atoms with Gasteiger partial charge in [-0.05, 0) is 37.0 Å². The molecule has 6 nitrogen and oxygen atoms in total. The lowest BCUT2D eigenvalue weighted by Gasteiger charge is -2.23. The van der Waals surface area contributed by atoms with Crippen molar-refractivity contribution < 1.29 is 19.5 Å². The van der Waals surface area contributed by atoms with Crippen LogP contribution in [-0.4, -0.2) is 42.3 Å². The number of fused-ring (bicyclic) bond motifs is 1. The number of methoxy groups -OCH3 is 1. The van der Waals surface area contributed by atoms with Crippen molar-refractivity contribution in [1.82, 2.24) is 4.57 Å². The minimum Gasteiger partial charge on any atom is -0.465 e. The minimum atomic E-state index is -0.483. The molecule has 7 heteroatoms. The zero-order chi connectivity index (χ0) is 17.1. The van der Waals surface area contributed by atoms with E-state index < -0.39 is 5.97 Å². The highest BCUT2D eigenvalue weighted by Crippen LogP contribution is 2.31. The molecule has 1 aliphatic heterocycles. The van der Waals surface area contributed by atoms with E-state index >= 15 is 0 Å². The first-order valence-electron chi connectivity index (χ1n) is 7.81. The summed E-state index contributed by atoms with van der Waals surface area (Å²) in [5.74, 6) is -0.0516. The standard InChI is InChI=1S/C17H19ClN2O4/c1-23-17(21)16-13-8-12(18)2-3-14(13)20(15(16)9-19-22)10-11-4-6-24-7-5-11/h2-3,8-9,11,22H,4-7,10H2,1H3/b19-9+. The monoisotopic (exact) mass is 350 g/mol. The van der Waals surface area contributed by atoms with Crippen LogP contribution in [0.4, 0.5) is 0 Å². The van der Waals surface area contributed by atoms with Gasteiger partial charge in [-0.25, -0.2) is 4.79 Å². The number of aromatic nitrogens is 1. The van der Waals surface area contributed by atoms with Crippen molar-refractivity contribution in [2.75, 3.05) is 20.3 Å². The van der Waals surface area contributed by atoms with Crippen molar-refractivity contribution in [2.24, 2.45) is 11.1 Å². The van der Waals surface area contributed by atoms with Gasteiger partial charge in [-0.1, -0.05) is 16.8 Å². The lowest BCUT2D eigenvalue weighted by molar-refractivity contribution is 0.0594. The summed E-state index contributed by atoms with van der Waals surface area (Å²) in [6, 6.07) is 5.39. The van der Waals surface area contributed by atoms with Crippen LogP contribution in [0.15, 0.2) is 23.4 Å². The van der Waals surface area contributed by atoms with Crippen molar-refractivity contribution in [3.05, 3.63) is 34.5 Å². The Bertz CT molecular complexity index is 778. The molecule has 0 amide bonds. The molecule has 1 aromatic carbocycles. The third kappa shape index (κ3) is 3.12. The topological polar surface area (TPSA) is 73.0 Å². The van der Waals surface area contributed by atoms with Gasteiger partial charge in [0.05, 0.1) is 24.6 Å². The number of benzene rings is 1. The average Bonchev–Trinajstić information content (AvgIpc) is 2.88. The van der Waals surface area contributed by atoms with Crippen LogP contribution in [0.3, 0.4) is 0 Å². The van der Waals surface area contributed by atoms with Crippen LogP contribution in [0, 0.1) is 5.92 Å². The predicted molar refractivity (Wildman–Crippen MR) is 91.2 cm³/mol. The highest BCUT2D eigenvalue weighted by atomic mass is 35.5. The maximum absolute atomic E-state index is 12.3. The molecular weight excluding hydrogens is 332 g/mol. The summed E-state index contributed by atoms with van der Waals surface area (Å²) in [4.78, 5) is 12.3. The van der Waals surface area contributed by atoms with E-state index in [1.807, 2.05) is 10.6 Å². The number of esters is 1. The van der Waals surface area contributed by atoms with E-state index in [4.69, 9.17) is 26.3 Å². The maximum atomic E-state index is 12.3. The predicted octanol–water partition coefficient (Wildman–Crippen LogP) is 3.32. The molecule has 1 fully saturated rings. The quantitative estimate of drug-likeness (QED) is 0.397. The molecule has 0 spiro atoms. The molecule has 0 aliphatic carbocycles. The first-order valence-corrected chi connectivity index (χ1v) is 8.18. The van der Waals surface area contributed by atoms with Crippen LogP contribution in [0.25, 0.3) is 10.9 Å². The van der Waals surface area contributed by atoms with Crippen LogP contribution in [0.5, 0.6) is 0 Å². The molecule has 0 bridgehead atoms. The Morgan fingerprint density at radius 2 is 2.25 bits per heavy atom. The summed E-state index contributed by atoms with van der Waals surface area (Å²) in [5.41, 5.74) is 1.74. The molecule has 3 rings (SSSR count). The van der Waals surface area contributed by atoms with E-state index in [0.717, 1.165) is 31.6 Å². The van der Waals surface area contributed by atoms with Crippen molar-refractivity contribution in [2.45, 2.75) is 19.4 Å². The molecule has 2 heterocycles. The fourth-order valence-electron chi connectivity index (χ4n) is 3.24. The van der Waals surface area contributed by atoms with E-state index in [1.54, 1.807) is 12.1 Å². The highest BCUT2D eigenvalue weighted by Gasteiger charge is 2.25. The van der Waals surface area contributed by atoms with Crippen LogP contribution < -0.4 is 0 Å².